The van der Waals surface area contributed by atoms with Crippen LogP contribution in [0.2, 0.25) is 0 Å². The molecule has 5 heterocycles. The van der Waals surface area contributed by atoms with Crippen LogP contribution in [0, 0.1) is 0 Å². The molecule has 0 aliphatic carbocycles. The molecule has 7 heteroatoms. The highest BCUT2D eigenvalue weighted by atomic mass is 16.5. The molecule has 0 radical (unpaired) electrons. The number of rotatable bonds is 3. The summed E-state index contributed by atoms with van der Waals surface area (Å²) in [5.41, 5.74) is 12.6. The summed E-state index contributed by atoms with van der Waals surface area (Å²) in [5, 5.41) is 2.33. The summed E-state index contributed by atoms with van der Waals surface area (Å²) in [5.74, 6) is 7.69. The van der Waals surface area contributed by atoms with Crippen molar-refractivity contribution in [2.24, 2.45) is 0 Å². The maximum Gasteiger partial charge on any atom is 0.260 e. The number of fused-ring (bicyclic) bond motifs is 11. The van der Waals surface area contributed by atoms with Crippen molar-refractivity contribution in [3.8, 4) is 51.7 Å². The Morgan fingerprint density at radius 3 is 1.25 bits per heavy atom. The van der Waals surface area contributed by atoms with Crippen LogP contribution >= 0.6 is 0 Å². The Kier molecular flexibility index (Phi) is 6.27. The molecule has 262 valence electrons. The summed E-state index contributed by atoms with van der Waals surface area (Å²) >= 11 is 0. The molecule has 0 N–H and O–H groups in total. The van der Waals surface area contributed by atoms with E-state index in [1.54, 1.807) is 0 Å². The van der Waals surface area contributed by atoms with Gasteiger partial charge >= 0.3 is 0 Å². The van der Waals surface area contributed by atoms with Gasteiger partial charge in [-0.15, -0.1) is 0 Å². The maximum atomic E-state index is 6.85. The van der Waals surface area contributed by atoms with Crippen molar-refractivity contribution in [2.45, 2.75) is 39.5 Å². The lowest BCUT2D eigenvalue weighted by Gasteiger charge is -2.33. The van der Waals surface area contributed by atoms with Gasteiger partial charge in [-0.05, 0) is 93.3 Å². The lowest BCUT2D eigenvalue weighted by atomic mass is 9.34. The first-order valence-electron chi connectivity index (χ1n) is 19.4. The number of hydrogen-bond donors (Lipinski definition) is 0. The molecular formula is C48H35B2NO4. The van der Waals surface area contributed by atoms with E-state index in [-0.39, 0.29) is 13.4 Å². The first kappa shape index (κ1) is 31.1. The fourth-order valence-electron chi connectivity index (χ4n) is 9.48. The van der Waals surface area contributed by atoms with E-state index in [2.05, 4.69) is 148 Å². The Morgan fingerprint density at radius 1 is 0.400 bits per heavy atom. The fraction of sp³-hybridized carbons (Fsp3) is 0.125. The SMILES string of the molecule is CC(C)c1ccc2c(c1)B1c3cc4c5cc6c(cc5n(-c5ccccc5)c4cc3Oc3cccc(c31)O2)Oc1cccc2c1B6c1cc(C(C)C)ccc1O2. The minimum atomic E-state index is -0.0378. The van der Waals surface area contributed by atoms with Crippen LogP contribution in [0.25, 0.3) is 27.5 Å². The molecule has 5 nitrogen and oxygen atoms in total. The molecule has 0 spiro atoms. The summed E-state index contributed by atoms with van der Waals surface area (Å²) < 4.78 is 29.2. The van der Waals surface area contributed by atoms with E-state index in [9.17, 15) is 0 Å². The minimum Gasteiger partial charge on any atom is -0.458 e. The summed E-state index contributed by atoms with van der Waals surface area (Å²) in [4.78, 5) is 0. The number of benzene rings is 7. The molecule has 7 aromatic carbocycles. The van der Waals surface area contributed by atoms with Crippen molar-refractivity contribution in [3.05, 3.63) is 139 Å². The molecule has 55 heavy (non-hydrogen) atoms. The van der Waals surface area contributed by atoms with Crippen LogP contribution in [0.1, 0.15) is 50.7 Å². The Labute approximate surface area is 320 Å². The average Bonchev–Trinajstić information content (AvgIpc) is 3.50. The molecule has 1 aromatic heterocycles. The first-order chi connectivity index (χ1) is 26.9. The third-order valence-corrected chi connectivity index (χ3v) is 12.2. The zero-order valence-electron chi connectivity index (χ0n) is 31.0. The van der Waals surface area contributed by atoms with Crippen molar-refractivity contribution in [2.75, 3.05) is 0 Å². The quantitative estimate of drug-likeness (QED) is 0.173. The van der Waals surface area contributed by atoms with E-state index in [1.165, 1.54) is 32.8 Å². The smallest absolute Gasteiger partial charge is 0.260 e. The van der Waals surface area contributed by atoms with Crippen LogP contribution in [-0.4, -0.2) is 18.0 Å². The number of para-hydroxylation sites is 1. The Hall–Kier alpha value is -6.33. The van der Waals surface area contributed by atoms with Gasteiger partial charge in [0, 0.05) is 39.5 Å². The molecule has 4 aliphatic heterocycles. The minimum absolute atomic E-state index is 0.0378. The molecular weight excluding hydrogens is 676 g/mol. The number of aromatic nitrogens is 1. The first-order valence-corrected chi connectivity index (χ1v) is 19.4. The van der Waals surface area contributed by atoms with Gasteiger partial charge in [-0.3, -0.25) is 0 Å². The number of ether oxygens (including phenoxy) is 4. The van der Waals surface area contributed by atoms with Gasteiger partial charge in [0.25, 0.3) is 13.4 Å². The van der Waals surface area contributed by atoms with Crippen LogP contribution in [0.3, 0.4) is 0 Å². The molecule has 12 rings (SSSR count). The largest absolute Gasteiger partial charge is 0.458 e. The highest BCUT2D eigenvalue weighted by molar-refractivity contribution is 6.99. The Morgan fingerprint density at radius 2 is 0.818 bits per heavy atom. The number of hydrogen-bond acceptors (Lipinski definition) is 4. The van der Waals surface area contributed by atoms with Crippen molar-refractivity contribution < 1.29 is 18.9 Å². The van der Waals surface area contributed by atoms with Crippen molar-refractivity contribution >= 4 is 68.0 Å². The van der Waals surface area contributed by atoms with Crippen LogP contribution in [0.15, 0.2) is 127 Å². The van der Waals surface area contributed by atoms with Gasteiger partial charge in [0.05, 0.1) is 11.0 Å². The van der Waals surface area contributed by atoms with Crippen LogP contribution in [-0.2, 0) is 0 Å². The second kappa shape index (κ2) is 11.1. The van der Waals surface area contributed by atoms with Gasteiger partial charge in [0.2, 0.25) is 0 Å². The summed E-state index contributed by atoms with van der Waals surface area (Å²) in [7, 11) is 0. The normalized spacial score (nSPS) is 13.9. The molecule has 0 unspecified atom stereocenters. The summed E-state index contributed by atoms with van der Waals surface area (Å²) in [6, 6.07) is 45.6. The van der Waals surface area contributed by atoms with E-state index in [0.717, 1.165) is 84.6 Å². The summed E-state index contributed by atoms with van der Waals surface area (Å²) in [6.45, 7) is 8.91. The molecule has 0 amide bonds. The van der Waals surface area contributed by atoms with Crippen LogP contribution in [0.5, 0.6) is 46.0 Å². The Bertz CT molecular complexity index is 2790. The van der Waals surface area contributed by atoms with Crippen molar-refractivity contribution in [1.82, 2.24) is 4.57 Å². The second-order valence-corrected chi connectivity index (χ2v) is 16.0. The van der Waals surface area contributed by atoms with Crippen molar-refractivity contribution in [3.63, 3.8) is 0 Å². The van der Waals surface area contributed by atoms with Gasteiger partial charge in [0.1, 0.15) is 46.0 Å². The third-order valence-electron chi connectivity index (χ3n) is 12.2. The monoisotopic (exact) mass is 711 g/mol. The van der Waals surface area contributed by atoms with Crippen LogP contribution in [0.4, 0.5) is 0 Å². The standard InChI is InChI=1S/C48H35B2NO4/c1-26(2)28-16-18-39-33(20-28)49-35-22-31-32-23-36-46(55-44-15-9-13-42-48(44)50(36)34-21-29(27(3)4)17-19-40(34)53-42)25-38(32)51(30-10-6-5-7-11-30)37(31)24-45(35)54-43-14-8-12-41(52-39)47(43)49/h5-27H,1-4H3. The predicted molar refractivity (Wildman–Crippen MR) is 224 cm³/mol. The van der Waals surface area contributed by atoms with E-state index in [1.807, 2.05) is 12.1 Å². The fourth-order valence-corrected chi connectivity index (χ4v) is 9.48. The highest BCUT2D eigenvalue weighted by Gasteiger charge is 2.43. The zero-order valence-corrected chi connectivity index (χ0v) is 31.0. The molecule has 0 saturated heterocycles. The van der Waals surface area contributed by atoms with Gasteiger partial charge in [-0.2, -0.15) is 0 Å². The van der Waals surface area contributed by atoms with E-state index < -0.39 is 0 Å². The van der Waals surface area contributed by atoms with Gasteiger partial charge in [-0.1, -0.05) is 94.4 Å². The molecule has 0 fully saturated rings. The maximum absolute atomic E-state index is 6.85. The molecule has 0 bridgehead atoms. The van der Waals surface area contributed by atoms with Crippen LogP contribution < -0.4 is 51.7 Å². The predicted octanol–water partition coefficient (Wildman–Crippen LogP) is 8.49. The van der Waals surface area contributed by atoms with Gasteiger partial charge in [-0.25, -0.2) is 0 Å². The topological polar surface area (TPSA) is 41.9 Å². The average molecular weight is 711 g/mol. The summed E-state index contributed by atoms with van der Waals surface area (Å²) in [6.07, 6.45) is 0. The lowest BCUT2D eigenvalue weighted by Crippen LogP contribution is -2.57. The van der Waals surface area contributed by atoms with Gasteiger partial charge < -0.3 is 23.5 Å². The highest BCUT2D eigenvalue weighted by Crippen LogP contribution is 2.42. The Balaban J connectivity index is 1.16. The van der Waals surface area contributed by atoms with Crippen molar-refractivity contribution in [1.29, 1.82) is 0 Å². The van der Waals surface area contributed by atoms with E-state index >= 15 is 0 Å². The van der Waals surface area contributed by atoms with Gasteiger partial charge in [0.15, 0.2) is 0 Å². The zero-order chi connectivity index (χ0) is 36.7. The van der Waals surface area contributed by atoms with E-state index in [4.69, 9.17) is 18.9 Å². The second-order valence-electron chi connectivity index (χ2n) is 16.0. The lowest BCUT2D eigenvalue weighted by molar-refractivity contribution is 0.464. The molecule has 0 saturated carbocycles. The molecule has 4 aliphatic rings. The number of nitrogens with zero attached hydrogens (tertiary/aromatic N) is 1. The molecule has 0 atom stereocenters. The third kappa shape index (κ3) is 4.32. The molecule has 8 aromatic rings. The van der Waals surface area contributed by atoms with E-state index in [0.29, 0.717) is 11.8 Å².